The second-order valence-electron chi connectivity index (χ2n) is 4.05. The topological polar surface area (TPSA) is 53.6 Å². The molecular weight excluding hydrogens is 176 g/mol. The zero-order chi connectivity index (χ0) is 10.6. The summed E-state index contributed by atoms with van der Waals surface area (Å²) in [5.74, 6) is 0.626. The lowest BCUT2D eigenvalue weighted by atomic mass is 9.91. The van der Waals surface area contributed by atoms with E-state index in [0.29, 0.717) is 5.82 Å². The lowest BCUT2D eigenvalue weighted by Gasteiger charge is -2.31. The van der Waals surface area contributed by atoms with Gasteiger partial charge in [0.25, 0.3) is 0 Å². The molecule has 1 aliphatic heterocycles. The van der Waals surface area contributed by atoms with E-state index < -0.39 is 0 Å². The van der Waals surface area contributed by atoms with E-state index in [1.807, 2.05) is 19.3 Å². The molecule has 4 heteroatoms. The molecule has 0 spiro atoms. The number of rotatable bonds is 4. The van der Waals surface area contributed by atoms with Crippen LogP contribution in [0, 0.1) is 0 Å². The summed E-state index contributed by atoms with van der Waals surface area (Å²) in [5, 5.41) is 3.32. The minimum absolute atomic E-state index is 0.00681. The van der Waals surface area contributed by atoms with Crippen LogP contribution in [-0.4, -0.2) is 44.3 Å². The quantitative estimate of drug-likeness (QED) is 0.674. The molecule has 3 N–H and O–H groups in total. The lowest BCUT2D eigenvalue weighted by molar-refractivity contribution is 0.337. The lowest BCUT2D eigenvalue weighted by Crippen LogP contribution is -2.47. The standard InChI is InChI=1S/C10H20N4/c1-12-10(6-7-14(2)3)5-4-9(11)13-8-10/h4,8,12H,5-7,11H2,1-3H3. The second kappa shape index (κ2) is 4.57. The van der Waals surface area contributed by atoms with Gasteiger partial charge in [0, 0.05) is 6.21 Å². The smallest absolute Gasteiger partial charge is 0.118 e. The summed E-state index contributed by atoms with van der Waals surface area (Å²) in [6.45, 7) is 1.04. The van der Waals surface area contributed by atoms with Gasteiger partial charge in [0.15, 0.2) is 0 Å². The van der Waals surface area contributed by atoms with Gasteiger partial charge in [-0.05, 0) is 46.6 Å². The van der Waals surface area contributed by atoms with Crippen LogP contribution in [-0.2, 0) is 0 Å². The first-order valence-corrected chi connectivity index (χ1v) is 4.92. The Morgan fingerprint density at radius 3 is 2.79 bits per heavy atom. The van der Waals surface area contributed by atoms with Crippen LogP contribution in [0.15, 0.2) is 16.9 Å². The second-order valence-corrected chi connectivity index (χ2v) is 4.05. The third-order valence-corrected chi connectivity index (χ3v) is 2.64. The van der Waals surface area contributed by atoms with Gasteiger partial charge < -0.3 is 16.0 Å². The number of nitrogens with one attached hydrogen (secondary N) is 1. The van der Waals surface area contributed by atoms with Crippen LogP contribution in [0.4, 0.5) is 0 Å². The largest absolute Gasteiger partial charge is 0.384 e. The van der Waals surface area contributed by atoms with Crippen LogP contribution in [0.3, 0.4) is 0 Å². The van der Waals surface area contributed by atoms with Crippen LogP contribution >= 0.6 is 0 Å². The maximum absolute atomic E-state index is 5.59. The van der Waals surface area contributed by atoms with Crippen molar-refractivity contribution in [3.8, 4) is 0 Å². The molecule has 0 aromatic carbocycles. The van der Waals surface area contributed by atoms with E-state index in [1.165, 1.54) is 0 Å². The SMILES string of the molecule is CNC1(CCN(C)C)C=NC(N)=CC1. The molecular formula is C10H20N4. The average molecular weight is 196 g/mol. The van der Waals surface area contributed by atoms with Crippen LogP contribution in [0.25, 0.3) is 0 Å². The summed E-state index contributed by atoms with van der Waals surface area (Å²) in [4.78, 5) is 6.34. The van der Waals surface area contributed by atoms with Crippen LogP contribution in [0.1, 0.15) is 12.8 Å². The van der Waals surface area contributed by atoms with E-state index >= 15 is 0 Å². The van der Waals surface area contributed by atoms with Gasteiger partial charge in [-0.15, -0.1) is 0 Å². The fourth-order valence-corrected chi connectivity index (χ4v) is 1.47. The highest BCUT2D eigenvalue weighted by Crippen LogP contribution is 2.18. The third-order valence-electron chi connectivity index (χ3n) is 2.64. The molecule has 1 unspecified atom stereocenters. The first kappa shape index (κ1) is 11.2. The first-order valence-electron chi connectivity index (χ1n) is 4.92. The van der Waals surface area contributed by atoms with Crippen molar-refractivity contribution >= 4 is 6.21 Å². The summed E-state index contributed by atoms with van der Waals surface area (Å²) in [6.07, 6.45) is 5.88. The predicted octanol–water partition coefficient (Wildman–Crippen LogP) is 0.171. The van der Waals surface area contributed by atoms with E-state index in [0.717, 1.165) is 19.4 Å². The van der Waals surface area contributed by atoms with Gasteiger partial charge in [0.1, 0.15) is 5.82 Å². The Morgan fingerprint density at radius 1 is 1.64 bits per heavy atom. The van der Waals surface area contributed by atoms with Crippen LogP contribution in [0.2, 0.25) is 0 Å². The number of hydrogen-bond donors (Lipinski definition) is 2. The molecule has 0 aliphatic carbocycles. The number of aliphatic imine (C=N–C) groups is 1. The summed E-state index contributed by atoms with van der Waals surface area (Å²) >= 11 is 0. The molecule has 1 aliphatic rings. The van der Waals surface area contributed by atoms with Crippen molar-refractivity contribution in [2.75, 3.05) is 27.7 Å². The molecule has 80 valence electrons. The highest BCUT2D eigenvalue weighted by Gasteiger charge is 2.26. The Hall–Kier alpha value is -0.870. The summed E-state index contributed by atoms with van der Waals surface area (Å²) in [6, 6.07) is 0. The normalized spacial score (nSPS) is 26.7. The zero-order valence-electron chi connectivity index (χ0n) is 9.25. The van der Waals surface area contributed by atoms with Crippen molar-refractivity contribution in [1.82, 2.24) is 10.2 Å². The summed E-state index contributed by atoms with van der Waals surface area (Å²) < 4.78 is 0. The minimum Gasteiger partial charge on any atom is -0.384 e. The zero-order valence-corrected chi connectivity index (χ0v) is 9.25. The van der Waals surface area contributed by atoms with Gasteiger partial charge >= 0.3 is 0 Å². The number of nitrogens with two attached hydrogens (primary N) is 1. The molecule has 1 heterocycles. The Kier molecular flexibility index (Phi) is 3.66. The molecule has 0 amide bonds. The van der Waals surface area contributed by atoms with E-state index in [1.54, 1.807) is 0 Å². The molecule has 0 saturated heterocycles. The van der Waals surface area contributed by atoms with E-state index in [9.17, 15) is 0 Å². The maximum atomic E-state index is 5.59. The number of hydrogen-bond acceptors (Lipinski definition) is 4. The third kappa shape index (κ3) is 2.82. The molecule has 0 saturated carbocycles. The molecule has 0 aromatic heterocycles. The molecule has 0 fully saturated rings. The van der Waals surface area contributed by atoms with Gasteiger partial charge in [-0.25, -0.2) is 4.99 Å². The molecule has 1 atom stereocenters. The highest BCUT2D eigenvalue weighted by atomic mass is 15.1. The Labute approximate surface area is 85.9 Å². The van der Waals surface area contributed by atoms with Crippen LogP contribution in [0.5, 0.6) is 0 Å². The predicted molar refractivity (Wildman–Crippen MR) is 60.3 cm³/mol. The summed E-state index contributed by atoms with van der Waals surface area (Å²) in [5.41, 5.74) is 5.58. The van der Waals surface area contributed by atoms with Crippen molar-refractivity contribution in [3.05, 3.63) is 11.9 Å². The van der Waals surface area contributed by atoms with Gasteiger partial charge in [-0.3, -0.25) is 0 Å². The molecule has 0 bridgehead atoms. The summed E-state index contributed by atoms with van der Waals surface area (Å²) in [7, 11) is 6.12. The fraction of sp³-hybridized carbons (Fsp3) is 0.700. The van der Waals surface area contributed by atoms with E-state index in [-0.39, 0.29) is 5.54 Å². The Morgan fingerprint density at radius 2 is 2.36 bits per heavy atom. The maximum Gasteiger partial charge on any atom is 0.118 e. The van der Waals surface area contributed by atoms with Crippen molar-refractivity contribution in [3.63, 3.8) is 0 Å². The molecule has 14 heavy (non-hydrogen) atoms. The van der Waals surface area contributed by atoms with Gasteiger partial charge in [-0.1, -0.05) is 0 Å². The molecule has 0 aromatic rings. The van der Waals surface area contributed by atoms with Gasteiger partial charge in [0.2, 0.25) is 0 Å². The van der Waals surface area contributed by atoms with Crippen molar-refractivity contribution < 1.29 is 0 Å². The van der Waals surface area contributed by atoms with Crippen molar-refractivity contribution in [2.24, 2.45) is 10.7 Å². The number of nitrogens with zero attached hydrogens (tertiary/aromatic N) is 2. The fourth-order valence-electron chi connectivity index (χ4n) is 1.47. The molecule has 4 nitrogen and oxygen atoms in total. The highest BCUT2D eigenvalue weighted by molar-refractivity contribution is 5.73. The van der Waals surface area contributed by atoms with E-state index in [2.05, 4.69) is 29.3 Å². The van der Waals surface area contributed by atoms with Gasteiger partial charge in [0.05, 0.1) is 5.54 Å². The first-order chi connectivity index (χ1) is 6.58. The van der Waals surface area contributed by atoms with Crippen molar-refractivity contribution in [2.45, 2.75) is 18.4 Å². The van der Waals surface area contributed by atoms with Gasteiger partial charge in [-0.2, -0.15) is 0 Å². The Bertz CT molecular complexity index is 245. The Balaban J connectivity index is 2.57. The van der Waals surface area contributed by atoms with Crippen LogP contribution < -0.4 is 11.1 Å². The molecule has 0 radical (unpaired) electrons. The van der Waals surface area contributed by atoms with E-state index in [4.69, 9.17) is 5.73 Å². The van der Waals surface area contributed by atoms with Crippen molar-refractivity contribution in [1.29, 1.82) is 0 Å². The monoisotopic (exact) mass is 196 g/mol. The molecule has 1 rings (SSSR count). The average Bonchev–Trinajstić information content (AvgIpc) is 2.18. The minimum atomic E-state index is -0.00681.